The minimum absolute atomic E-state index is 0.625. The fourth-order valence-corrected chi connectivity index (χ4v) is 1.04. The lowest BCUT2D eigenvalue weighted by Gasteiger charge is -1.98. The third-order valence-corrected chi connectivity index (χ3v) is 1.62. The number of rotatable bonds is 2. The molecule has 2 rings (SSSR count). The zero-order chi connectivity index (χ0) is 9.10. The summed E-state index contributed by atoms with van der Waals surface area (Å²) in [7, 11) is 0. The highest BCUT2D eigenvalue weighted by atomic mass is 15.3. The Bertz CT molecular complexity index is 380. The van der Waals surface area contributed by atoms with Crippen molar-refractivity contribution in [3.8, 4) is 0 Å². The highest BCUT2D eigenvalue weighted by Crippen LogP contribution is 2.00. The summed E-state index contributed by atoms with van der Waals surface area (Å²) < 4.78 is 1.73. The van der Waals surface area contributed by atoms with Gasteiger partial charge in [-0.3, -0.25) is 4.68 Å². The topological polar surface area (TPSA) is 69.6 Å². The molecule has 2 aromatic rings. The SMILES string of the molecule is Nc1cnn(Cc2ccncn2)c1. The van der Waals surface area contributed by atoms with E-state index in [4.69, 9.17) is 5.73 Å². The van der Waals surface area contributed by atoms with E-state index in [1.54, 1.807) is 23.3 Å². The number of nitrogens with two attached hydrogens (primary N) is 1. The summed E-state index contributed by atoms with van der Waals surface area (Å²) >= 11 is 0. The quantitative estimate of drug-likeness (QED) is 0.712. The first-order valence-corrected chi connectivity index (χ1v) is 3.87. The maximum Gasteiger partial charge on any atom is 0.115 e. The molecule has 0 bridgehead atoms. The molecular weight excluding hydrogens is 166 g/mol. The molecule has 0 aromatic carbocycles. The van der Waals surface area contributed by atoms with Gasteiger partial charge in [0.15, 0.2) is 0 Å². The standard InChI is InChI=1S/C8H9N5/c9-7-3-12-13(4-7)5-8-1-2-10-6-11-8/h1-4,6H,5,9H2. The molecule has 0 aliphatic rings. The van der Waals surface area contributed by atoms with Gasteiger partial charge in [-0.05, 0) is 6.07 Å². The number of hydrogen-bond donors (Lipinski definition) is 1. The molecule has 66 valence electrons. The molecule has 0 spiro atoms. The summed E-state index contributed by atoms with van der Waals surface area (Å²) in [6, 6.07) is 1.85. The molecule has 0 aliphatic carbocycles. The van der Waals surface area contributed by atoms with Crippen LogP contribution in [-0.2, 0) is 6.54 Å². The molecule has 2 N–H and O–H groups in total. The normalized spacial score (nSPS) is 10.2. The lowest BCUT2D eigenvalue weighted by atomic mass is 10.4. The van der Waals surface area contributed by atoms with Crippen LogP contribution in [0.4, 0.5) is 5.69 Å². The van der Waals surface area contributed by atoms with Crippen LogP contribution in [0.1, 0.15) is 5.69 Å². The van der Waals surface area contributed by atoms with E-state index in [9.17, 15) is 0 Å². The third kappa shape index (κ3) is 1.81. The van der Waals surface area contributed by atoms with E-state index in [1.807, 2.05) is 6.07 Å². The molecule has 0 amide bonds. The fourth-order valence-electron chi connectivity index (χ4n) is 1.04. The van der Waals surface area contributed by atoms with E-state index in [2.05, 4.69) is 15.1 Å². The van der Waals surface area contributed by atoms with Crippen LogP contribution >= 0.6 is 0 Å². The van der Waals surface area contributed by atoms with Gasteiger partial charge >= 0.3 is 0 Å². The number of hydrogen-bond acceptors (Lipinski definition) is 4. The molecule has 0 fully saturated rings. The zero-order valence-electron chi connectivity index (χ0n) is 6.96. The minimum Gasteiger partial charge on any atom is -0.396 e. The number of nitrogen functional groups attached to an aromatic ring is 1. The van der Waals surface area contributed by atoms with Crippen LogP contribution < -0.4 is 5.73 Å². The second kappa shape index (κ2) is 3.22. The van der Waals surface area contributed by atoms with E-state index in [-0.39, 0.29) is 0 Å². The van der Waals surface area contributed by atoms with Gasteiger partial charge in [0.05, 0.1) is 24.1 Å². The van der Waals surface area contributed by atoms with Crippen LogP contribution in [0.3, 0.4) is 0 Å². The lowest BCUT2D eigenvalue weighted by molar-refractivity contribution is 0.671. The van der Waals surface area contributed by atoms with Crippen LogP contribution in [0.15, 0.2) is 31.0 Å². The molecule has 2 aromatic heterocycles. The molecule has 5 heteroatoms. The number of aromatic nitrogens is 4. The maximum absolute atomic E-state index is 5.52. The predicted octanol–water partition coefficient (Wildman–Crippen LogP) is 0.304. The second-order valence-corrected chi connectivity index (χ2v) is 2.67. The van der Waals surface area contributed by atoms with Crippen molar-refractivity contribution in [2.24, 2.45) is 0 Å². The van der Waals surface area contributed by atoms with Crippen LogP contribution in [0.2, 0.25) is 0 Å². The molecule has 13 heavy (non-hydrogen) atoms. The summed E-state index contributed by atoms with van der Waals surface area (Å²) in [6.07, 6.45) is 6.60. The van der Waals surface area contributed by atoms with Crippen molar-refractivity contribution in [2.45, 2.75) is 6.54 Å². The Morgan fingerprint density at radius 3 is 3.00 bits per heavy atom. The first-order chi connectivity index (χ1) is 6.34. The van der Waals surface area contributed by atoms with Crippen LogP contribution in [0.25, 0.3) is 0 Å². The van der Waals surface area contributed by atoms with Crippen molar-refractivity contribution >= 4 is 5.69 Å². The monoisotopic (exact) mass is 175 g/mol. The van der Waals surface area contributed by atoms with Crippen molar-refractivity contribution in [2.75, 3.05) is 5.73 Å². The smallest absolute Gasteiger partial charge is 0.115 e. The Morgan fingerprint density at radius 1 is 1.46 bits per heavy atom. The van der Waals surface area contributed by atoms with Crippen LogP contribution in [0, 0.1) is 0 Å². The Balaban J connectivity index is 2.15. The van der Waals surface area contributed by atoms with Crippen molar-refractivity contribution < 1.29 is 0 Å². The van der Waals surface area contributed by atoms with Gasteiger partial charge in [-0.1, -0.05) is 0 Å². The molecule has 0 atom stereocenters. The molecule has 2 heterocycles. The number of anilines is 1. The second-order valence-electron chi connectivity index (χ2n) is 2.67. The highest BCUT2D eigenvalue weighted by molar-refractivity contribution is 5.30. The van der Waals surface area contributed by atoms with E-state index in [0.29, 0.717) is 12.2 Å². The van der Waals surface area contributed by atoms with Crippen LogP contribution in [0.5, 0.6) is 0 Å². The molecule has 0 saturated heterocycles. The summed E-state index contributed by atoms with van der Waals surface area (Å²) in [5, 5.41) is 4.04. The van der Waals surface area contributed by atoms with Gasteiger partial charge < -0.3 is 5.73 Å². The van der Waals surface area contributed by atoms with E-state index >= 15 is 0 Å². The van der Waals surface area contributed by atoms with Crippen molar-refractivity contribution in [1.82, 2.24) is 19.7 Å². The first-order valence-electron chi connectivity index (χ1n) is 3.87. The largest absolute Gasteiger partial charge is 0.396 e. The average Bonchev–Trinajstić information content (AvgIpc) is 2.53. The van der Waals surface area contributed by atoms with Gasteiger partial charge in [0.2, 0.25) is 0 Å². The molecule has 0 saturated carbocycles. The zero-order valence-corrected chi connectivity index (χ0v) is 6.96. The third-order valence-electron chi connectivity index (χ3n) is 1.62. The Hall–Kier alpha value is -1.91. The van der Waals surface area contributed by atoms with Gasteiger partial charge in [0.25, 0.3) is 0 Å². The first kappa shape index (κ1) is 7.72. The predicted molar refractivity (Wildman–Crippen MR) is 47.8 cm³/mol. The molecule has 0 unspecified atom stereocenters. The van der Waals surface area contributed by atoms with E-state index in [0.717, 1.165) is 5.69 Å². The average molecular weight is 175 g/mol. The summed E-state index contributed by atoms with van der Waals surface area (Å²) in [6.45, 7) is 0.625. The Kier molecular flexibility index (Phi) is 1.91. The van der Waals surface area contributed by atoms with Gasteiger partial charge in [0, 0.05) is 12.4 Å². The van der Waals surface area contributed by atoms with Crippen molar-refractivity contribution in [1.29, 1.82) is 0 Å². The van der Waals surface area contributed by atoms with Gasteiger partial charge in [-0.15, -0.1) is 0 Å². The van der Waals surface area contributed by atoms with Crippen LogP contribution in [-0.4, -0.2) is 19.7 Å². The van der Waals surface area contributed by atoms with Gasteiger partial charge in [-0.2, -0.15) is 5.10 Å². The molecular formula is C8H9N5. The summed E-state index contributed by atoms with van der Waals surface area (Å²) in [5.41, 5.74) is 7.09. The number of nitrogens with zero attached hydrogens (tertiary/aromatic N) is 4. The van der Waals surface area contributed by atoms with E-state index < -0.39 is 0 Å². The fraction of sp³-hybridized carbons (Fsp3) is 0.125. The molecule has 0 aliphatic heterocycles. The lowest BCUT2D eigenvalue weighted by Crippen LogP contribution is -2.01. The van der Waals surface area contributed by atoms with Gasteiger partial charge in [-0.25, -0.2) is 9.97 Å². The van der Waals surface area contributed by atoms with Gasteiger partial charge in [0.1, 0.15) is 6.33 Å². The minimum atomic E-state index is 0.625. The van der Waals surface area contributed by atoms with Crippen molar-refractivity contribution in [3.63, 3.8) is 0 Å². The summed E-state index contributed by atoms with van der Waals surface area (Å²) in [4.78, 5) is 7.90. The van der Waals surface area contributed by atoms with Crippen molar-refractivity contribution in [3.05, 3.63) is 36.7 Å². The molecule has 5 nitrogen and oxygen atoms in total. The molecule has 0 radical (unpaired) electrons. The van der Waals surface area contributed by atoms with E-state index in [1.165, 1.54) is 6.33 Å². The Morgan fingerprint density at radius 2 is 2.38 bits per heavy atom. The Labute approximate surface area is 75.2 Å². The summed E-state index contributed by atoms with van der Waals surface area (Å²) in [5.74, 6) is 0. The maximum atomic E-state index is 5.52. The highest BCUT2D eigenvalue weighted by Gasteiger charge is 1.96.